The minimum Gasteiger partial charge on any atom is -0.501 e. The van der Waals surface area contributed by atoms with Crippen LogP contribution in [0.5, 0.6) is 5.75 Å². The molecule has 2 aromatic rings. The summed E-state index contributed by atoms with van der Waals surface area (Å²) in [6.45, 7) is 1.20. The van der Waals surface area contributed by atoms with Crippen molar-refractivity contribution in [3.8, 4) is 5.75 Å². The largest absolute Gasteiger partial charge is 0.501 e. The molecule has 6 nitrogen and oxygen atoms in total. The predicted molar refractivity (Wildman–Crippen MR) is 68.8 cm³/mol. The quantitative estimate of drug-likeness (QED) is 0.787. The van der Waals surface area contributed by atoms with Gasteiger partial charge in [-0.15, -0.1) is 0 Å². The molecule has 0 fully saturated rings. The maximum absolute atomic E-state index is 13.4. The Labute approximate surface area is 117 Å². The van der Waals surface area contributed by atoms with Gasteiger partial charge in [0.05, 0.1) is 0 Å². The van der Waals surface area contributed by atoms with Gasteiger partial charge >= 0.3 is 0 Å². The van der Waals surface area contributed by atoms with Gasteiger partial charge in [-0.3, -0.25) is 9.59 Å². The van der Waals surface area contributed by atoms with Crippen LogP contribution in [-0.4, -0.2) is 21.0 Å². The van der Waals surface area contributed by atoms with Crippen molar-refractivity contribution >= 4 is 5.91 Å². The Hall–Kier alpha value is -2.77. The highest BCUT2D eigenvalue weighted by Crippen LogP contribution is 2.11. The minimum absolute atomic E-state index is 0.0609. The van der Waals surface area contributed by atoms with Crippen molar-refractivity contribution in [2.75, 3.05) is 0 Å². The van der Waals surface area contributed by atoms with E-state index in [0.29, 0.717) is 6.07 Å². The number of aromatic nitrogens is 2. The van der Waals surface area contributed by atoms with E-state index in [1.165, 1.54) is 13.0 Å². The fourth-order valence-corrected chi connectivity index (χ4v) is 1.66. The van der Waals surface area contributed by atoms with Gasteiger partial charge in [0.25, 0.3) is 11.5 Å². The summed E-state index contributed by atoms with van der Waals surface area (Å²) in [6, 6.07) is 2.92. The normalized spacial score (nSPS) is 10.4. The number of H-pyrrole nitrogens is 1. The minimum atomic E-state index is -0.847. The van der Waals surface area contributed by atoms with Crippen molar-refractivity contribution < 1.29 is 18.7 Å². The zero-order valence-electron chi connectivity index (χ0n) is 10.9. The molecule has 8 heteroatoms. The number of halogens is 2. The van der Waals surface area contributed by atoms with Gasteiger partial charge in [0, 0.05) is 18.2 Å². The third kappa shape index (κ3) is 3.22. The molecule has 2 rings (SSSR count). The average molecular weight is 295 g/mol. The van der Waals surface area contributed by atoms with Gasteiger partial charge in [0.1, 0.15) is 17.5 Å². The van der Waals surface area contributed by atoms with Crippen molar-refractivity contribution in [2.24, 2.45) is 0 Å². The van der Waals surface area contributed by atoms with Crippen molar-refractivity contribution in [3.63, 3.8) is 0 Å². The Kier molecular flexibility index (Phi) is 3.97. The van der Waals surface area contributed by atoms with Gasteiger partial charge in [-0.05, 0) is 13.0 Å². The Morgan fingerprint density at radius 3 is 2.81 bits per heavy atom. The third-order valence-corrected chi connectivity index (χ3v) is 2.68. The van der Waals surface area contributed by atoms with Crippen molar-refractivity contribution in [1.82, 2.24) is 15.3 Å². The molecule has 0 saturated carbocycles. The molecule has 0 saturated heterocycles. The zero-order valence-corrected chi connectivity index (χ0v) is 10.9. The van der Waals surface area contributed by atoms with Gasteiger partial charge in [0.2, 0.25) is 5.75 Å². The van der Waals surface area contributed by atoms with Crippen LogP contribution in [0.3, 0.4) is 0 Å². The summed E-state index contributed by atoms with van der Waals surface area (Å²) >= 11 is 0. The van der Waals surface area contributed by atoms with E-state index >= 15 is 0 Å². The molecule has 0 spiro atoms. The Balaban J connectivity index is 2.17. The highest BCUT2D eigenvalue weighted by atomic mass is 19.1. The number of nitrogens with zero attached hydrogens (tertiary/aromatic N) is 1. The van der Waals surface area contributed by atoms with E-state index in [0.717, 1.165) is 6.07 Å². The maximum atomic E-state index is 13.4. The summed E-state index contributed by atoms with van der Waals surface area (Å²) in [4.78, 5) is 29.1. The van der Waals surface area contributed by atoms with E-state index in [-0.39, 0.29) is 17.9 Å². The molecule has 0 unspecified atom stereocenters. The van der Waals surface area contributed by atoms with Crippen LogP contribution in [0.1, 0.15) is 21.9 Å². The van der Waals surface area contributed by atoms with E-state index < -0.39 is 34.5 Å². The number of nitrogens with one attached hydrogen (secondary N) is 2. The van der Waals surface area contributed by atoms with Crippen LogP contribution in [0.2, 0.25) is 0 Å². The van der Waals surface area contributed by atoms with Crippen LogP contribution in [0.25, 0.3) is 0 Å². The molecule has 1 heterocycles. The number of aryl methyl sites for hydroxylation is 1. The first-order chi connectivity index (χ1) is 9.88. The molecule has 0 bridgehead atoms. The molecule has 0 aliphatic heterocycles. The molecular weight excluding hydrogens is 284 g/mol. The Bertz CT molecular complexity index is 759. The van der Waals surface area contributed by atoms with Crippen LogP contribution < -0.4 is 10.9 Å². The zero-order chi connectivity index (χ0) is 15.6. The summed E-state index contributed by atoms with van der Waals surface area (Å²) in [6.07, 6.45) is 0. The standard InChI is InChI=1S/C13H11F2N3O3/c1-6-17-10(11(19)13(21)18-6)12(20)16-5-7-2-3-8(14)4-9(7)15/h2-4,19H,5H2,1H3,(H,16,20)(H,17,18,21). The number of aromatic hydroxyl groups is 1. The van der Waals surface area contributed by atoms with Crippen LogP contribution in [0.4, 0.5) is 8.78 Å². The average Bonchev–Trinajstić information content (AvgIpc) is 2.41. The van der Waals surface area contributed by atoms with Crippen LogP contribution in [0, 0.1) is 18.6 Å². The fourth-order valence-electron chi connectivity index (χ4n) is 1.66. The predicted octanol–water partition coefficient (Wildman–Crippen LogP) is 0.992. The van der Waals surface area contributed by atoms with E-state index in [2.05, 4.69) is 15.3 Å². The lowest BCUT2D eigenvalue weighted by Gasteiger charge is -2.07. The second-order valence-electron chi connectivity index (χ2n) is 4.27. The SMILES string of the molecule is Cc1nc(C(=O)NCc2ccc(F)cc2F)c(O)c(=O)[nH]1. The van der Waals surface area contributed by atoms with Crippen LogP contribution in [-0.2, 0) is 6.54 Å². The third-order valence-electron chi connectivity index (χ3n) is 2.68. The monoisotopic (exact) mass is 295 g/mol. The van der Waals surface area contributed by atoms with E-state index in [1.54, 1.807) is 0 Å². The molecular formula is C13H11F2N3O3. The summed E-state index contributed by atoms with van der Waals surface area (Å²) < 4.78 is 26.1. The highest BCUT2D eigenvalue weighted by Gasteiger charge is 2.17. The summed E-state index contributed by atoms with van der Waals surface area (Å²) in [5.74, 6) is -3.05. The first-order valence-corrected chi connectivity index (χ1v) is 5.90. The molecule has 110 valence electrons. The lowest BCUT2D eigenvalue weighted by molar-refractivity contribution is 0.0942. The molecule has 0 aliphatic rings. The van der Waals surface area contributed by atoms with E-state index in [1.807, 2.05) is 0 Å². The van der Waals surface area contributed by atoms with Gasteiger partial charge in [0.15, 0.2) is 5.69 Å². The highest BCUT2D eigenvalue weighted by molar-refractivity contribution is 5.94. The number of carbonyl (C=O) groups is 1. The number of amides is 1. The van der Waals surface area contributed by atoms with Gasteiger partial charge < -0.3 is 15.4 Å². The second kappa shape index (κ2) is 5.70. The Morgan fingerprint density at radius 1 is 1.43 bits per heavy atom. The first kappa shape index (κ1) is 14.6. The fraction of sp³-hybridized carbons (Fsp3) is 0.154. The number of hydrogen-bond acceptors (Lipinski definition) is 4. The maximum Gasteiger partial charge on any atom is 0.293 e. The van der Waals surface area contributed by atoms with Crippen LogP contribution >= 0.6 is 0 Å². The van der Waals surface area contributed by atoms with Gasteiger partial charge in [-0.2, -0.15) is 0 Å². The number of benzene rings is 1. The van der Waals surface area contributed by atoms with Gasteiger partial charge in [-0.1, -0.05) is 6.07 Å². The summed E-state index contributed by atoms with van der Waals surface area (Å²) in [5, 5.41) is 11.8. The summed E-state index contributed by atoms with van der Waals surface area (Å²) in [5.41, 5.74) is -1.25. The number of carbonyl (C=O) groups excluding carboxylic acids is 1. The lowest BCUT2D eigenvalue weighted by atomic mass is 10.2. The number of hydrogen-bond donors (Lipinski definition) is 3. The molecule has 0 atom stereocenters. The van der Waals surface area contributed by atoms with E-state index in [4.69, 9.17) is 0 Å². The number of aromatic amines is 1. The van der Waals surface area contributed by atoms with Crippen molar-refractivity contribution in [3.05, 3.63) is 57.3 Å². The summed E-state index contributed by atoms with van der Waals surface area (Å²) in [7, 11) is 0. The van der Waals surface area contributed by atoms with E-state index in [9.17, 15) is 23.5 Å². The Morgan fingerprint density at radius 2 is 2.14 bits per heavy atom. The second-order valence-corrected chi connectivity index (χ2v) is 4.27. The molecule has 1 amide bonds. The first-order valence-electron chi connectivity index (χ1n) is 5.90. The van der Waals surface area contributed by atoms with Crippen LogP contribution in [0.15, 0.2) is 23.0 Å². The van der Waals surface area contributed by atoms with Gasteiger partial charge in [-0.25, -0.2) is 13.8 Å². The molecule has 21 heavy (non-hydrogen) atoms. The smallest absolute Gasteiger partial charge is 0.293 e. The molecule has 3 N–H and O–H groups in total. The molecule has 0 radical (unpaired) electrons. The van der Waals surface area contributed by atoms with Crippen molar-refractivity contribution in [2.45, 2.75) is 13.5 Å². The molecule has 0 aliphatic carbocycles. The lowest BCUT2D eigenvalue weighted by Crippen LogP contribution is -2.27. The topological polar surface area (TPSA) is 95.1 Å². The number of rotatable bonds is 3. The van der Waals surface area contributed by atoms with Crippen molar-refractivity contribution in [1.29, 1.82) is 0 Å². The molecule has 1 aromatic heterocycles. The molecule has 1 aromatic carbocycles.